The molecule has 3 aromatic rings. The van der Waals surface area contributed by atoms with Crippen LogP contribution in [0, 0.1) is 5.92 Å². The van der Waals surface area contributed by atoms with Crippen molar-refractivity contribution in [3.63, 3.8) is 0 Å². The van der Waals surface area contributed by atoms with Crippen LogP contribution in [-0.4, -0.2) is 60.1 Å². The highest BCUT2D eigenvalue weighted by Gasteiger charge is 2.77. The van der Waals surface area contributed by atoms with Crippen LogP contribution < -0.4 is 14.2 Å². The average molecular weight is 532 g/mol. The summed E-state index contributed by atoms with van der Waals surface area (Å²) in [5.41, 5.74) is 7.76. The maximum atomic E-state index is 12.9. The Morgan fingerprint density at radius 3 is 2.36 bits per heavy atom. The third kappa shape index (κ3) is 3.91. The molecule has 39 heavy (non-hydrogen) atoms. The molecular weight excluding hydrogens is 498 g/mol. The predicted molar refractivity (Wildman–Crippen MR) is 145 cm³/mol. The minimum absolute atomic E-state index is 0.119. The SMILES string of the molecule is CCN(CC)C[C@H]1[C@@H](O)[C@@]2(O)c3c(cc(OC)nc3OC)O[C@@]2(c2ccc(N=[N+]=[N-])cc2)[C@@H]1c1ccccc1. The van der Waals surface area contributed by atoms with Crippen LogP contribution in [-0.2, 0) is 11.2 Å². The predicted octanol–water partition coefficient (Wildman–Crippen LogP) is 4.63. The van der Waals surface area contributed by atoms with Gasteiger partial charge < -0.3 is 29.3 Å². The van der Waals surface area contributed by atoms with E-state index in [4.69, 9.17) is 19.7 Å². The van der Waals surface area contributed by atoms with Crippen molar-refractivity contribution >= 4 is 5.69 Å². The number of nitrogens with zero attached hydrogens (tertiary/aromatic N) is 5. The largest absolute Gasteiger partial charge is 0.481 e. The van der Waals surface area contributed by atoms with Gasteiger partial charge in [0.15, 0.2) is 11.2 Å². The molecule has 0 bridgehead atoms. The van der Waals surface area contributed by atoms with Crippen molar-refractivity contribution in [2.24, 2.45) is 11.0 Å². The number of rotatable bonds is 9. The molecule has 0 spiro atoms. The summed E-state index contributed by atoms with van der Waals surface area (Å²) in [7, 11) is 2.95. The van der Waals surface area contributed by atoms with E-state index in [2.05, 4.69) is 33.8 Å². The molecule has 2 aliphatic rings. The van der Waals surface area contributed by atoms with Crippen molar-refractivity contribution in [3.8, 4) is 17.5 Å². The number of benzene rings is 2. The maximum absolute atomic E-state index is 12.9. The Hall–Kier alpha value is -3.82. The quantitative estimate of drug-likeness (QED) is 0.234. The van der Waals surface area contributed by atoms with E-state index in [9.17, 15) is 10.2 Å². The molecular formula is C29H33N5O5. The van der Waals surface area contributed by atoms with Crippen molar-refractivity contribution < 1.29 is 24.4 Å². The number of azide groups is 1. The fourth-order valence-corrected chi connectivity index (χ4v) is 6.47. The first-order valence-electron chi connectivity index (χ1n) is 13.0. The summed E-state index contributed by atoms with van der Waals surface area (Å²) in [5.74, 6) is -0.203. The van der Waals surface area contributed by atoms with Crippen LogP contribution in [0.15, 0.2) is 65.8 Å². The van der Waals surface area contributed by atoms with E-state index in [0.717, 1.165) is 18.7 Å². The van der Waals surface area contributed by atoms with Gasteiger partial charge in [0.1, 0.15) is 5.75 Å². The van der Waals surface area contributed by atoms with Gasteiger partial charge in [0.25, 0.3) is 0 Å². The molecule has 10 nitrogen and oxygen atoms in total. The second-order valence-corrected chi connectivity index (χ2v) is 9.87. The minimum Gasteiger partial charge on any atom is -0.481 e. The van der Waals surface area contributed by atoms with Gasteiger partial charge in [0.2, 0.25) is 11.8 Å². The van der Waals surface area contributed by atoms with Crippen LogP contribution >= 0.6 is 0 Å². The molecule has 204 valence electrons. The molecule has 2 heterocycles. The van der Waals surface area contributed by atoms with Crippen molar-refractivity contribution in [1.29, 1.82) is 0 Å². The average Bonchev–Trinajstić information content (AvgIpc) is 3.34. The third-order valence-corrected chi connectivity index (χ3v) is 8.23. The van der Waals surface area contributed by atoms with E-state index in [1.807, 2.05) is 30.3 Å². The van der Waals surface area contributed by atoms with E-state index in [1.54, 1.807) is 30.3 Å². The summed E-state index contributed by atoms with van der Waals surface area (Å²) >= 11 is 0. The van der Waals surface area contributed by atoms with Crippen LogP contribution in [0.25, 0.3) is 10.4 Å². The van der Waals surface area contributed by atoms with Gasteiger partial charge in [-0.3, -0.25) is 0 Å². The van der Waals surface area contributed by atoms with Gasteiger partial charge in [0, 0.05) is 35.0 Å². The maximum Gasteiger partial charge on any atom is 0.226 e. The monoisotopic (exact) mass is 531 g/mol. The van der Waals surface area contributed by atoms with Gasteiger partial charge in [-0.25, -0.2) is 0 Å². The van der Waals surface area contributed by atoms with Crippen molar-refractivity contribution in [1.82, 2.24) is 9.88 Å². The molecule has 1 fully saturated rings. The van der Waals surface area contributed by atoms with Gasteiger partial charge in [0.05, 0.1) is 25.9 Å². The summed E-state index contributed by atoms with van der Waals surface area (Å²) in [6, 6.07) is 18.3. The van der Waals surface area contributed by atoms with E-state index in [-0.39, 0.29) is 17.3 Å². The molecule has 0 radical (unpaired) electrons. The molecule has 1 aliphatic heterocycles. The summed E-state index contributed by atoms with van der Waals surface area (Å²) in [5, 5.41) is 28.8. The normalized spacial score (nSPS) is 26.9. The lowest BCUT2D eigenvalue weighted by molar-refractivity contribution is -0.152. The van der Waals surface area contributed by atoms with Gasteiger partial charge in [-0.05, 0) is 29.7 Å². The molecule has 0 amide bonds. The highest BCUT2D eigenvalue weighted by molar-refractivity contribution is 5.60. The lowest BCUT2D eigenvalue weighted by Gasteiger charge is -2.41. The Bertz CT molecular complexity index is 1380. The number of hydrogen-bond donors (Lipinski definition) is 2. The highest BCUT2D eigenvalue weighted by Crippen LogP contribution is 2.70. The lowest BCUT2D eigenvalue weighted by atomic mass is 9.70. The topological polar surface area (TPSA) is 133 Å². The zero-order valence-corrected chi connectivity index (χ0v) is 22.5. The number of aliphatic hydroxyl groups is 2. The summed E-state index contributed by atoms with van der Waals surface area (Å²) in [6.07, 6.45) is -1.24. The Balaban J connectivity index is 1.84. The number of methoxy groups -OCH3 is 2. The molecule has 2 aromatic carbocycles. The van der Waals surface area contributed by atoms with Crippen LogP contribution in [0.1, 0.15) is 36.5 Å². The molecule has 0 saturated heterocycles. The lowest BCUT2D eigenvalue weighted by Crippen LogP contribution is -2.52. The number of hydrogen-bond acceptors (Lipinski definition) is 8. The summed E-state index contributed by atoms with van der Waals surface area (Å²) in [6.45, 7) is 6.25. The number of ether oxygens (including phenoxy) is 3. The first-order chi connectivity index (χ1) is 18.9. The summed E-state index contributed by atoms with van der Waals surface area (Å²) < 4.78 is 17.9. The van der Waals surface area contributed by atoms with Crippen LogP contribution in [0.3, 0.4) is 0 Å². The number of fused-ring (bicyclic) bond motifs is 3. The standard InChI is InChI=1S/C29H33N5O5/c1-5-34(6-2)17-21-24(18-10-8-7-9-11-18)29(19-12-14-20(15-13-19)32-33-30)28(36,26(21)35)25-22(39-29)16-23(37-3)31-27(25)38-4/h7-16,21,24,26,35-36H,5-6,17H2,1-4H3/t21-,24-,26-,28+,29+/m1/s1. The molecule has 1 aliphatic carbocycles. The van der Waals surface area contributed by atoms with Crippen LogP contribution in [0.2, 0.25) is 0 Å². The number of aromatic nitrogens is 1. The minimum atomic E-state index is -1.94. The second kappa shape index (κ2) is 10.4. The Labute approximate surface area is 227 Å². The zero-order valence-electron chi connectivity index (χ0n) is 22.5. The zero-order chi connectivity index (χ0) is 27.8. The number of aliphatic hydroxyl groups excluding tert-OH is 1. The van der Waals surface area contributed by atoms with Crippen LogP contribution in [0.4, 0.5) is 5.69 Å². The van der Waals surface area contributed by atoms with E-state index in [0.29, 0.717) is 23.5 Å². The Kier molecular flexibility index (Phi) is 7.13. The van der Waals surface area contributed by atoms with Gasteiger partial charge in [-0.15, -0.1) is 0 Å². The van der Waals surface area contributed by atoms with Crippen molar-refractivity contribution in [2.75, 3.05) is 33.9 Å². The van der Waals surface area contributed by atoms with E-state index in [1.165, 1.54) is 14.2 Å². The Morgan fingerprint density at radius 2 is 1.77 bits per heavy atom. The molecule has 1 saturated carbocycles. The highest BCUT2D eigenvalue weighted by atomic mass is 16.5. The van der Waals surface area contributed by atoms with E-state index < -0.39 is 29.1 Å². The molecule has 5 atom stereocenters. The number of pyridine rings is 1. The van der Waals surface area contributed by atoms with E-state index >= 15 is 0 Å². The van der Waals surface area contributed by atoms with Crippen LogP contribution in [0.5, 0.6) is 17.5 Å². The van der Waals surface area contributed by atoms with Gasteiger partial charge in [-0.1, -0.05) is 73.6 Å². The Morgan fingerprint density at radius 1 is 1.08 bits per heavy atom. The fourth-order valence-electron chi connectivity index (χ4n) is 6.47. The first kappa shape index (κ1) is 26.8. The van der Waals surface area contributed by atoms with Crippen molar-refractivity contribution in [3.05, 3.63) is 87.8 Å². The smallest absolute Gasteiger partial charge is 0.226 e. The molecule has 0 unspecified atom stereocenters. The molecule has 1 aromatic heterocycles. The summed E-state index contributed by atoms with van der Waals surface area (Å²) in [4.78, 5) is 9.56. The van der Waals surface area contributed by atoms with Crippen molar-refractivity contribution in [2.45, 2.75) is 37.1 Å². The van der Waals surface area contributed by atoms with Gasteiger partial charge >= 0.3 is 0 Å². The molecule has 2 N–H and O–H groups in total. The molecule has 10 heteroatoms. The first-order valence-corrected chi connectivity index (χ1v) is 13.0. The third-order valence-electron chi connectivity index (χ3n) is 8.23. The fraction of sp³-hybridized carbons (Fsp3) is 0.414. The molecule has 5 rings (SSSR count). The van der Waals surface area contributed by atoms with Gasteiger partial charge in [-0.2, -0.15) is 4.98 Å². The second-order valence-electron chi connectivity index (χ2n) is 9.87.